The van der Waals surface area contributed by atoms with Gasteiger partial charge in [0.1, 0.15) is 12.1 Å². The predicted molar refractivity (Wildman–Crippen MR) is 102 cm³/mol. The van der Waals surface area contributed by atoms with Crippen LogP contribution in [0.2, 0.25) is 0 Å². The van der Waals surface area contributed by atoms with Gasteiger partial charge in [-0.15, -0.1) is 11.3 Å². The maximum Gasteiger partial charge on any atom is 0.150 e. The zero-order chi connectivity index (χ0) is 16.2. The van der Waals surface area contributed by atoms with Crippen LogP contribution in [0.25, 0.3) is 16.3 Å². The fraction of sp³-hybridized carbons (Fsp3) is 0.263. The van der Waals surface area contributed by atoms with E-state index < -0.39 is 0 Å². The number of rotatable bonds is 4. The summed E-state index contributed by atoms with van der Waals surface area (Å²) in [6.07, 6.45) is 6.14. The molecule has 5 heteroatoms. The first-order valence-electron chi connectivity index (χ1n) is 8.27. The zero-order valence-corrected chi connectivity index (χ0v) is 14.3. The van der Waals surface area contributed by atoms with E-state index in [0.29, 0.717) is 0 Å². The Labute approximate surface area is 146 Å². The van der Waals surface area contributed by atoms with Gasteiger partial charge in [0.25, 0.3) is 0 Å². The van der Waals surface area contributed by atoms with Crippen molar-refractivity contribution < 1.29 is 0 Å². The van der Waals surface area contributed by atoms with Crippen LogP contribution in [0.1, 0.15) is 5.56 Å². The average molecular weight is 336 g/mol. The molecule has 1 fully saturated rings. The van der Waals surface area contributed by atoms with Gasteiger partial charge in [0, 0.05) is 32.7 Å². The quantitative estimate of drug-likeness (QED) is 0.730. The highest BCUT2D eigenvalue weighted by molar-refractivity contribution is 7.17. The van der Waals surface area contributed by atoms with Crippen LogP contribution in [0.15, 0.2) is 54.2 Å². The Hall–Kier alpha value is -2.24. The van der Waals surface area contributed by atoms with E-state index in [4.69, 9.17) is 0 Å². The van der Waals surface area contributed by atoms with Gasteiger partial charge in [0.2, 0.25) is 0 Å². The molecular weight excluding hydrogens is 316 g/mol. The molecule has 1 aromatic carbocycles. The lowest BCUT2D eigenvalue weighted by Crippen LogP contribution is -2.46. The summed E-state index contributed by atoms with van der Waals surface area (Å²) in [5, 5.41) is 2.09. The van der Waals surface area contributed by atoms with E-state index in [9.17, 15) is 0 Å². The summed E-state index contributed by atoms with van der Waals surface area (Å²) >= 11 is 1.73. The molecule has 24 heavy (non-hydrogen) atoms. The Bertz CT molecular complexity index is 820. The lowest BCUT2D eigenvalue weighted by Gasteiger charge is -2.34. The lowest BCUT2D eigenvalue weighted by molar-refractivity contribution is 0.284. The average Bonchev–Trinajstić information content (AvgIpc) is 3.12. The molecule has 0 spiro atoms. The third-order valence-corrected chi connectivity index (χ3v) is 5.27. The van der Waals surface area contributed by atoms with Crippen molar-refractivity contribution in [2.45, 2.75) is 0 Å². The van der Waals surface area contributed by atoms with Gasteiger partial charge in [0.05, 0.1) is 10.2 Å². The van der Waals surface area contributed by atoms with Crippen LogP contribution in [0, 0.1) is 0 Å². The summed E-state index contributed by atoms with van der Waals surface area (Å²) in [6.45, 7) is 5.17. The van der Waals surface area contributed by atoms with Crippen molar-refractivity contribution in [3.63, 3.8) is 0 Å². The van der Waals surface area contributed by atoms with Gasteiger partial charge in [-0.05, 0) is 17.0 Å². The Morgan fingerprint density at radius 3 is 2.67 bits per heavy atom. The molecule has 1 aliphatic heterocycles. The molecule has 0 unspecified atom stereocenters. The van der Waals surface area contributed by atoms with Crippen LogP contribution in [-0.4, -0.2) is 47.6 Å². The van der Waals surface area contributed by atoms with Crippen LogP contribution in [0.4, 0.5) is 5.82 Å². The van der Waals surface area contributed by atoms with E-state index >= 15 is 0 Å². The largest absolute Gasteiger partial charge is 0.353 e. The number of fused-ring (bicyclic) bond motifs is 1. The number of piperazine rings is 1. The second-order valence-electron chi connectivity index (χ2n) is 5.93. The molecule has 1 saturated heterocycles. The minimum Gasteiger partial charge on any atom is -0.353 e. The van der Waals surface area contributed by atoms with Crippen LogP contribution >= 0.6 is 11.3 Å². The first kappa shape index (κ1) is 15.3. The topological polar surface area (TPSA) is 32.3 Å². The Morgan fingerprint density at radius 2 is 1.83 bits per heavy atom. The first-order valence-corrected chi connectivity index (χ1v) is 9.15. The number of nitrogens with zero attached hydrogens (tertiary/aromatic N) is 4. The van der Waals surface area contributed by atoms with Crippen LogP contribution in [0.5, 0.6) is 0 Å². The lowest BCUT2D eigenvalue weighted by atomic mass is 10.2. The van der Waals surface area contributed by atoms with E-state index in [0.717, 1.165) is 44.1 Å². The summed E-state index contributed by atoms with van der Waals surface area (Å²) in [6, 6.07) is 12.5. The molecule has 4 rings (SSSR count). The number of aromatic nitrogens is 2. The summed E-state index contributed by atoms with van der Waals surface area (Å²) in [5.74, 6) is 1.09. The third-order valence-electron chi connectivity index (χ3n) is 4.37. The molecule has 0 bridgehead atoms. The second-order valence-corrected chi connectivity index (χ2v) is 6.85. The molecule has 0 amide bonds. The number of thiophene rings is 1. The van der Waals surface area contributed by atoms with Crippen molar-refractivity contribution in [3.05, 3.63) is 59.7 Å². The van der Waals surface area contributed by atoms with Crippen molar-refractivity contribution in [1.29, 1.82) is 0 Å². The summed E-state index contributed by atoms with van der Waals surface area (Å²) in [4.78, 5) is 13.7. The van der Waals surface area contributed by atoms with Crippen molar-refractivity contribution in [1.82, 2.24) is 14.9 Å². The van der Waals surface area contributed by atoms with Crippen LogP contribution < -0.4 is 4.90 Å². The maximum absolute atomic E-state index is 4.52. The Morgan fingerprint density at radius 1 is 1.00 bits per heavy atom. The van der Waals surface area contributed by atoms with Gasteiger partial charge in [-0.25, -0.2) is 9.97 Å². The monoisotopic (exact) mass is 336 g/mol. The van der Waals surface area contributed by atoms with Crippen molar-refractivity contribution in [2.75, 3.05) is 37.6 Å². The summed E-state index contributed by atoms with van der Waals surface area (Å²) in [7, 11) is 0. The van der Waals surface area contributed by atoms with Crippen LogP contribution in [0.3, 0.4) is 0 Å². The van der Waals surface area contributed by atoms with Crippen molar-refractivity contribution in [2.24, 2.45) is 0 Å². The molecule has 0 radical (unpaired) electrons. The van der Waals surface area contributed by atoms with E-state index in [-0.39, 0.29) is 0 Å². The molecule has 3 heterocycles. The van der Waals surface area contributed by atoms with E-state index in [2.05, 4.69) is 67.6 Å². The molecule has 0 N–H and O–H groups in total. The van der Waals surface area contributed by atoms with Gasteiger partial charge in [-0.3, -0.25) is 4.90 Å². The fourth-order valence-corrected chi connectivity index (χ4v) is 3.91. The van der Waals surface area contributed by atoms with Gasteiger partial charge in [0.15, 0.2) is 0 Å². The van der Waals surface area contributed by atoms with Gasteiger partial charge in [-0.2, -0.15) is 0 Å². The molecule has 3 aromatic rings. The summed E-state index contributed by atoms with van der Waals surface area (Å²) in [5.41, 5.74) is 2.32. The fourth-order valence-electron chi connectivity index (χ4n) is 3.05. The molecule has 0 atom stereocenters. The number of benzene rings is 1. The van der Waals surface area contributed by atoms with Crippen molar-refractivity contribution >= 4 is 33.4 Å². The minimum atomic E-state index is 1.00. The van der Waals surface area contributed by atoms with Gasteiger partial charge in [-0.1, -0.05) is 42.5 Å². The SMILES string of the molecule is C(=C\c1ccccc1)/CN1CCN(c2ncnc3ccsc23)CC1. The molecule has 1 aliphatic rings. The highest BCUT2D eigenvalue weighted by Gasteiger charge is 2.19. The third kappa shape index (κ3) is 3.32. The second kappa shape index (κ2) is 7.11. The molecule has 122 valence electrons. The molecule has 0 aliphatic carbocycles. The number of anilines is 1. The number of hydrogen-bond acceptors (Lipinski definition) is 5. The smallest absolute Gasteiger partial charge is 0.150 e. The molecule has 0 saturated carbocycles. The van der Waals surface area contributed by atoms with E-state index in [1.807, 2.05) is 6.07 Å². The van der Waals surface area contributed by atoms with E-state index in [1.54, 1.807) is 17.7 Å². The van der Waals surface area contributed by atoms with Crippen LogP contribution in [-0.2, 0) is 0 Å². The predicted octanol–water partition coefficient (Wildman–Crippen LogP) is 3.53. The summed E-state index contributed by atoms with van der Waals surface area (Å²) < 4.78 is 1.20. The van der Waals surface area contributed by atoms with Crippen molar-refractivity contribution in [3.8, 4) is 0 Å². The Balaban J connectivity index is 1.35. The highest BCUT2D eigenvalue weighted by atomic mass is 32.1. The maximum atomic E-state index is 4.52. The number of hydrogen-bond donors (Lipinski definition) is 0. The molecule has 4 nitrogen and oxygen atoms in total. The first-order chi connectivity index (χ1) is 11.9. The minimum absolute atomic E-state index is 1.00. The standard InChI is InChI=1S/C19H20N4S/c1-2-5-16(6-3-1)7-4-9-22-10-12-23(13-11-22)19-18-17(8-14-24-18)20-15-21-19/h1-8,14-15H,9-13H2/b7-4+. The molecule has 2 aromatic heterocycles. The van der Waals surface area contributed by atoms with Gasteiger partial charge >= 0.3 is 0 Å². The normalized spacial score (nSPS) is 16.2. The van der Waals surface area contributed by atoms with Gasteiger partial charge < -0.3 is 4.90 Å². The van der Waals surface area contributed by atoms with E-state index in [1.165, 1.54) is 10.3 Å². The molecular formula is C19H20N4S. The highest BCUT2D eigenvalue weighted by Crippen LogP contribution is 2.28. The zero-order valence-electron chi connectivity index (χ0n) is 13.5. The Kier molecular flexibility index (Phi) is 4.53.